The van der Waals surface area contributed by atoms with Gasteiger partial charge in [0.1, 0.15) is 5.69 Å². The van der Waals surface area contributed by atoms with Crippen LogP contribution in [-0.4, -0.2) is 31.0 Å². The minimum atomic E-state index is -0.929. The fraction of sp³-hybridized carbons (Fsp3) is 0.308. The van der Waals surface area contributed by atoms with E-state index in [1.54, 1.807) is 13.0 Å². The van der Waals surface area contributed by atoms with Crippen LogP contribution in [0.25, 0.3) is 5.69 Å². The van der Waals surface area contributed by atoms with Gasteiger partial charge in [-0.05, 0) is 31.0 Å². The van der Waals surface area contributed by atoms with Crippen molar-refractivity contribution in [3.05, 3.63) is 45.3 Å². The lowest BCUT2D eigenvalue weighted by Gasteiger charge is -2.06. The number of aryl methyl sites for hydroxylation is 3. The molecule has 0 aliphatic rings. The van der Waals surface area contributed by atoms with E-state index in [2.05, 4.69) is 10.3 Å². The van der Waals surface area contributed by atoms with Gasteiger partial charge in [-0.2, -0.15) is 0 Å². The van der Waals surface area contributed by atoms with E-state index in [4.69, 9.17) is 5.11 Å². The normalized spacial score (nSPS) is 10.6. The van der Waals surface area contributed by atoms with Gasteiger partial charge in [-0.1, -0.05) is 5.21 Å². The first-order valence-corrected chi connectivity index (χ1v) is 6.27. The lowest BCUT2D eigenvalue weighted by molar-refractivity contribution is -0.384. The first-order chi connectivity index (χ1) is 9.88. The Balaban J connectivity index is 2.39. The number of benzene rings is 1. The molecule has 1 aromatic carbocycles. The maximum Gasteiger partial charge on any atom is 0.303 e. The number of carbonyl (C=O) groups is 1. The van der Waals surface area contributed by atoms with Gasteiger partial charge in [0.05, 0.1) is 23.2 Å². The second-order valence-electron chi connectivity index (χ2n) is 4.73. The van der Waals surface area contributed by atoms with Gasteiger partial charge in [-0.15, -0.1) is 5.10 Å². The molecule has 2 rings (SSSR count). The molecule has 8 nitrogen and oxygen atoms in total. The molecule has 1 heterocycles. The maximum absolute atomic E-state index is 11.1. The van der Waals surface area contributed by atoms with Gasteiger partial charge >= 0.3 is 5.97 Å². The van der Waals surface area contributed by atoms with Crippen molar-refractivity contribution < 1.29 is 14.8 Å². The number of nitro benzene ring substituents is 1. The van der Waals surface area contributed by atoms with Crippen molar-refractivity contribution >= 4 is 11.7 Å². The molecule has 8 heteroatoms. The highest BCUT2D eigenvalue weighted by Crippen LogP contribution is 2.26. The van der Waals surface area contributed by atoms with Gasteiger partial charge in [-0.25, -0.2) is 4.68 Å². The molecule has 0 bridgehead atoms. The molecule has 0 atom stereocenters. The number of carboxylic acids is 1. The number of nitro groups is 1. The van der Waals surface area contributed by atoms with Crippen LogP contribution in [0, 0.1) is 24.0 Å². The number of carboxylic acid groups (broad SMARTS) is 1. The Morgan fingerprint density at radius 3 is 2.67 bits per heavy atom. The fourth-order valence-electron chi connectivity index (χ4n) is 1.88. The van der Waals surface area contributed by atoms with Gasteiger partial charge in [0.2, 0.25) is 0 Å². The second kappa shape index (κ2) is 5.70. The highest BCUT2D eigenvalue weighted by atomic mass is 16.6. The van der Waals surface area contributed by atoms with E-state index in [0.717, 1.165) is 11.1 Å². The van der Waals surface area contributed by atoms with E-state index >= 15 is 0 Å². The molecule has 0 saturated carbocycles. The Morgan fingerprint density at radius 2 is 2.05 bits per heavy atom. The van der Waals surface area contributed by atoms with Crippen LogP contribution in [0.1, 0.15) is 23.2 Å². The number of hydrogen-bond donors (Lipinski definition) is 1. The summed E-state index contributed by atoms with van der Waals surface area (Å²) in [5, 5.41) is 27.5. The van der Waals surface area contributed by atoms with Crippen LogP contribution < -0.4 is 0 Å². The molecule has 0 saturated heterocycles. The molecular formula is C13H14N4O4. The third-order valence-corrected chi connectivity index (χ3v) is 3.17. The minimum Gasteiger partial charge on any atom is -0.481 e. The average Bonchev–Trinajstić information content (AvgIpc) is 2.87. The molecule has 0 aliphatic carbocycles. The number of nitrogens with zero attached hydrogens (tertiary/aromatic N) is 4. The zero-order chi connectivity index (χ0) is 15.6. The number of rotatable bonds is 5. The number of aliphatic carboxylic acids is 1. The Labute approximate surface area is 120 Å². The molecule has 0 spiro atoms. The monoisotopic (exact) mass is 290 g/mol. The van der Waals surface area contributed by atoms with E-state index in [9.17, 15) is 14.9 Å². The predicted molar refractivity (Wildman–Crippen MR) is 73.4 cm³/mol. The Kier molecular flexibility index (Phi) is 3.97. The first kappa shape index (κ1) is 14.6. The standard InChI is InChI=1S/C13H14N4O4/c1-8-5-11(12(17(20)21)6-9(8)2)16-7-10(14-15-16)3-4-13(18)19/h5-7H,3-4H2,1-2H3,(H,18,19). The van der Waals surface area contributed by atoms with E-state index < -0.39 is 10.9 Å². The molecular weight excluding hydrogens is 276 g/mol. The molecule has 0 amide bonds. The van der Waals surface area contributed by atoms with Gasteiger partial charge < -0.3 is 5.11 Å². The Bertz CT molecular complexity index is 708. The summed E-state index contributed by atoms with van der Waals surface area (Å²) in [6.07, 6.45) is 1.68. The molecule has 110 valence electrons. The Hall–Kier alpha value is -2.77. The van der Waals surface area contributed by atoms with Crippen molar-refractivity contribution in [2.75, 3.05) is 0 Å². The van der Waals surface area contributed by atoms with Crippen molar-refractivity contribution in [1.82, 2.24) is 15.0 Å². The summed E-state index contributed by atoms with van der Waals surface area (Å²) in [5.74, 6) is -0.929. The molecule has 0 radical (unpaired) electrons. The zero-order valence-electron chi connectivity index (χ0n) is 11.6. The van der Waals surface area contributed by atoms with Crippen molar-refractivity contribution in [3.8, 4) is 5.69 Å². The van der Waals surface area contributed by atoms with E-state index in [1.807, 2.05) is 6.92 Å². The summed E-state index contributed by atoms with van der Waals surface area (Å²) in [6.45, 7) is 3.65. The van der Waals surface area contributed by atoms with Gasteiger partial charge in [-0.3, -0.25) is 14.9 Å². The van der Waals surface area contributed by atoms with Crippen LogP contribution in [0.2, 0.25) is 0 Å². The molecule has 2 aromatic rings. The molecule has 21 heavy (non-hydrogen) atoms. The first-order valence-electron chi connectivity index (χ1n) is 6.27. The second-order valence-corrected chi connectivity index (χ2v) is 4.73. The van der Waals surface area contributed by atoms with E-state index in [0.29, 0.717) is 11.4 Å². The molecule has 1 aromatic heterocycles. The van der Waals surface area contributed by atoms with Crippen molar-refractivity contribution in [3.63, 3.8) is 0 Å². The summed E-state index contributed by atoms with van der Waals surface area (Å²) in [5.41, 5.74) is 2.45. The zero-order valence-corrected chi connectivity index (χ0v) is 11.6. The van der Waals surface area contributed by atoms with E-state index in [-0.39, 0.29) is 18.5 Å². The highest BCUT2D eigenvalue weighted by Gasteiger charge is 2.18. The summed E-state index contributed by atoms with van der Waals surface area (Å²) in [7, 11) is 0. The van der Waals surface area contributed by atoms with Gasteiger partial charge in [0.15, 0.2) is 0 Å². The van der Waals surface area contributed by atoms with Gasteiger partial charge in [0, 0.05) is 12.5 Å². The quantitative estimate of drug-likeness (QED) is 0.664. The summed E-state index contributed by atoms with van der Waals surface area (Å²) in [6, 6.07) is 3.16. The third kappa shape index (κ3) is 3.22. The summed E-state index contributed by atoms with van der Waals surface area (Å²) < 4.78 is 1.31. The fourth-order valence-corrected chi connectivity index (χ4v) is 1.88. The lowest BCUT2D eigenvalue weighted by Crippen LogP contribution is -2.02. The minimum absolute atomic E-state index is 0.0618. The lowest BCUT2D eigenvalue weighted by atomic mass is 10.1. The highest BCUT2D eigenvalue weighted by molar-refractivity contribution is 5.67. The van der Waals surface area contributed by atoms with Gasteiger partial charge in [0.25, 0.3) is 5.69 Å². The van der Waals surface area contributed by atoms with Crippen LogP contribution in [0.3, 0.4) is 0 Å². The summed E-state index contributed by atoms with van der Waals surface area (Å²) >= 11 is 0. The van der Waals surface area contributed by atoms with Crippen LogP contribution >= 0.6 is 0 Å². The third-order valence-electron chi connectivity index (χ3n) is 3.17. The van der Waals surface area contributed by atoms with Crippen molar-refractivity contribution in [2.24, 2.45) is 0 Å². The van der Waals surface area contributed by atoms with Crippen LogP contribution in [-0.2, 0) is 11.2 Å². The molecule has 0 fully saturated rings. The van der Waals surface area contributed by atoms with Crippen LogP contribution in [0.4, 0.5) is 5.69 Å². The van der Waals surface area contributed by atoms with Crippen molar-refractivity contribution in [2.45, 2.75) is 26.7 Å². The summed E-state index contributed by atoms with van der Waals surface area (Å²) in [4.78, 5) is 21.2. The van der Waals surface area contributed by atoms with E-state index in [1.165, 1.54) is 16.9 Å². The van der Waals surface area contributed by atoms with Crippen LogP contribution in [0.5, 0.6) is 0 Å². The molecule has 0 unspecified atom stereocenters. The maximum atomic E-state index is 11.1. The van der Waals surface area contributed by atoms with Crippen molar-refractivity contribution in [1.29, 1.82) is 0 Å². The largest absolute Gasteiger partial charge is 0.481 e. The molecule has 1 N–H and O–H groups in total. The average molecular weight is 290 g/mol. The smallest absolute Gasteiger partial charge is 0.303 e. The predicted octanol–water partition coefficient (Wildman–Crippen LogP) is 1.81. The number of hydrogen-bond acceptors (Lipinski definition) is 5. The molecule has 0 aliphatic heterocycles. The number of aromatic nitrogens is 3. The Morgan fingerprint density at radius 1 is 1.38 bits per heavy atom. The topological polar surface area (TPSA) is 111 Å². The van der Waals surface area contributed by atoms with Crippen LogP contribution in [0.15, 0.2) is 18.3 Å². The SMILES string of the molecule is Cc1cc(-n2cc(CCC(=O)O)nn2)c([N+](=O)[O-])cc1C.